The Kier molecular flexibility index (Phi) is 3.97. The van der Waals surface area contributed by atoms with Gasteiger partial charge in [-0.25, -0.2) is 0 Å². The van der Waals surface area contributed by atoms with Crippen molar-refractivity contribution in [2.24, 2.45) is 11.8 Å². The summed E-state index contributed by atoms with van der Waals surface area (Å²) in [4.78, 5) is 0. The van der Waals surface area contributed by atoms with E-state index in [-0.39, 0.29) is 0 Å². The minimum absolute atomic E-state index is 0.336. The highest BCUT2D eigenvalue weighted by Gasteiger charge is 2.25. The molecule has 1 fully saturated rings. The van der Waals surface area contributed by atoms with Gasteiger partial charge in [-0.2, -0.15) is 0 Å². The zero-order valence-electron chi connectivity index (χ0n) is 10.1. The van der Waals surface area contributed by atoms with Crippen LogP contribution in [0.4, 0.5) is 0 Å². The SMILES string of the molecule is CCCc1ccc(C(CC2CC2)NN)cc1. The van der Waals surface area contributed by atoms with Gasteiger partial charge in [0.2, 0.25) is 0 Å². The van der Waals surface area contributed by atoms with Crippen molar-refractivity contribution in [1.82, 2.24) is 5.43 Å². The highest BCUT2D eigenvalue weighted by molar-refractivity contribution is 5.25. The van der Waals surface area contributed by atoms with E-state index < -0.39 is 0 Å². The van der Waals surface area contributed by atoms with Gasteiger partial charge in [0.25, 0.3) is 0 Å². The maximum Gasteiger partial charge on any atom is 0.0462 e. The van der Waals surface area contributed by atoms with Crippen LogP contribution in [0.5, 0.6) is 0 Å². The number of aryl methyl sites for hydroxylation is 1. The van der Waals surface area contributed by atoms with Crippen molar-refractivity contribution >= 4 is 0 Å². The Morgan fingerprint density at radius 3 is 2.50 bits per heavy atom. The third-order valence-corrected chi connectivity index (χ3v) is 3.39. The summed E-state index contributed by atoms with van der Waals surface area (Å²) < 4.78 is 0. The van der Waals surface area contributed by atoms with Crippen molar-refractivity contribution in [2.45, 2.75) is 45.1 Å². The molecule has 2 heteroatoms. The van der Waals surface area contributed by atoms with Crippen LogP contribution in [0.1, 0.15) is 49.8 Å². The third kappa shape index (κ3) is 3.06. The molecular formula is C14H22N2. The molecule has 0 heterocycles. The second kappa shape index (κ2) is 5.46. The molecule has 2 rings (SSSR count). The van der Waals surface area contributed by atoms with Crippen LogP contribution in [-0.2, 0) is 6.42 Å². The minimum atomic E-state index is 0.336. The molecule has 88 valence electrons. The van der Waals surface area contributed by atoms with E-state index >= 15 is 0 Å². The lowest BCUT2D eigenvalue weighted by molar-refractivity contribution is 0.487. The molecule has 1 aliphatic rings. The molecule has 0 bridgehead atoms. The van der Waals surface area contributed by atoms with Crippen LogP contribution in [0.25, 0.3) is 0 Å². The van der Waals surface area contributed by atoms with Gasteiger partial charge in [0.1, 0.15) is 0 Å². The number of hydrazine groups is 1. The smallest absolute Gasteiger partial charge is 0.0462 e. The molecule has 1 aliphatic carbocycles. The first-order valence-corrected chi connectivity index (χ1v) is 6.38. The van der Waals surface area contributed by atoms with Crippen LogP contribution in [0.2, 0.25) is 0 Å². The standard InChI is InChI=1S/C14H22N2/c1-2-3-11-6-8-13(9-7-11)14(16-15)10-12-4-5-12/h6-9,12,14,16H,2-5,10,15H2,1H3. The summed E-state index contributed by atoms with van der Waals surface area (Å²) in [7, 11) is 0. The highest BCUT2D eigenvalue weighted by atomic mass is 15.2. The first-order valence-electron chi connectivity index (χ1n) is 6.38. The van der Waals surface area contributed by atoms with E-state index in [1.165, 1.54) is 43.2 Å². The summed E-state index contributed by atoms with van der Waals surface area (Å²) in [6.45, 7) is 2.21. The third-order valence-electron chi connectivity index (χ3n) is 3.39. The molecule has 16 heavy (non-hydrogen) atoms. The number of nitrogens with two attached hydrogens (primary N) is 1. The van der Waals surface area contributed by atoms with Gasteiger partial charge in [-0.1, -0.05) is 50.5 Å². The topological polar surface area (TPSA) is 38.0 Å². The maximum atomic E-state index is 5.63. The minimum Gasteiger partial charge on any atom is -0.271 e. The average molecular weight is 218 g/mol. The second-order valence-corrected chi connectivity index (χ2v) is 4.89. The van der Waals surface area contributed by atoms with E-state index in [1.54, 1.807) is 0 Å². The number of nitrogens with one attached hydrogen (secondary N) is 1. The first kappa shape index (κ1) is 11.6. The number of rotatable bonds is 6. The number of benzene rings is 1. The van der Waals surface area contributed by atoms with Crippen molar-refractivity contribution < 1.29 is 0 Å². The van der Waals surface area contributed by atoms with E-state index in [2.05, 4.69) is 36.6 Å². The monoisotopic (exact) mass is 218 g/mol. The van der Waals surface area contributed by atoms with Gasteiger partial charge in [-0.05, 0) is 29.9 Å². The summed E-state index contributed by atoms with van der Waals surface area (Å²) in [6.07, 6.45) is 6.32. The molecule has 2 nitrogen and oxygen atoms in total. The normalized spacial score (nSPS) is 17.4. The van der Waals surface area contributed by atoms with Gasteiger partial charge in [-0.15, -0.1) is 0 Å². The van der Waals surface area contributed by atoms with Crippen LogP contribution in [0, 0.1) is 5.92 Å². The van der Waals surface area contributed by atoms with Gasteiger partial charge in [0.05, 0.1) is 0 Å². The zero-order valence-corrected chi connectivity index (χ0v) is 10.1. The van der Waals surface area contributed by atoms with Crippen molar-refractivity contribution in [1.29, 1.82) is 0 Å². The van der Waals surface area contributed by atoms with Gasteiger partial charge in [-0.3, -0.25) is 11.3 Å². The fraction of sp³-hybridized carbons (Fsp3) is 0.571. The molecule has 1 unspecified atom stereocenters. The van der Waals surface area contributed by atoms with Crippen LogP contribution >= 0.6 is 0 Å². The lowest BCUT2D eigenvalue weighted by atomic mass is 9.99. The number of hydrogen-bond acceptors (Lipinski definition) is 2. The largest absolute Gasteiger partial charge is 0.271 e. The van der Waals surface area contributed by atoms with E-state index in [0.29, 0.717) is 6.04 Å². The Morgan fingerprint density at radius 2 is 2.00 bits per heavy atom. The molecule has 0 aliphatic heterocycles. The fourth-order valence-electron chi connectivity index (χ4n) is 2.19. The molecule has 0 radical (unpaired) electrons. The Morgan fingerprint density at radius 1 is 1.31 bits per heavy atom. The Balaban J connectivity index is 1.99. The lowest BCUT2D eigenvalue weighted by Crippen LogP contribution is -2.28. The van der Waals surface area contributed by atoms with Crippen molar-refractivity contribution in [3.8, 4) is 0 Å². The zero-order chi connectivity index (χ0) is 11.4. The Hall–Kier alpha value is -0.860. The molecule has 1 atom stereocenters. The van der Waals surface area contributed by atoms with Crippen LogP contribution in [0.15, 0.2) is 24.3 Å². The number of hydrogen-bond donors (Lipinski definition) is 2. The average Bonchev–Trinajstić information content (AvgIpc) is 3.11. The maximum absolute atomic E-state index is 5.63. The summed E-state index contributed by atoms with van der Waals surface area (Å²) >= 11 is 0. The van der Waals surface area contributed by atoms with E-state index in [1.807, 2.05) is 0 Å². The van der Waals surface area contributed by atoms with Crippen LogP contribution in [0.3, 0.4) is 0 Å². The van der Waals surface area contributed by atoms with E-state index in [0.717, 1.165) is 5.92 Å². The van der Waals surface area contributed by atoms with Crippen molar-refractivity contribution in [3.63, 3.8) is 0 Å². The second-order valence-electron chi connectivity index (χ2n) is 4.89. The van der Waals surface area contributed by atoms with Crippen LogP contribution in [-0.4, -0.2) is 0 Å². The predicted octanol–water partition coefficient (Wildman–Crippen LogP) is 2.94. The van der Waals surface area contributed by atoms with Crippen molar-refractivity contribution in [3.05, 3.63) is 35.4 Å². The van der Waals surface area contributed by atoms with E-state index in [4.69, 9.17) is 5.84 Å². The lowest BCUT2D eigenvalue weighted by Gasteiger charge is -2.16. The van der Waals surface area contributed by atoms with Gasteiger partial charge in [0.15, 0.2) is 0 Å². The molecule has 1 saturated carbocycles. The van der Waals surface area contributed by atoms with Gasteiger partial charge in [0, 0.05) is 6.04 Å². The van der Waals surface area contributed by atoms with Gasteiger partial charge >= 0.3 is 0 Å². The fourth-order valence-corrected chi connectivity index (χ4v) is 2.19. The molecule has 3 N–H and O–H groups in total. The molecule has 0 saturated heterocycles. The summed E-state index contributed by atoms with van der Waals surface area (Å²) in [5.41, 5.74) is 5.69. The van der Waals surface area contributed by atoms with E-state index in [9.17, 15) is 0 Å². The highest BCUT2D eigenvalue weighted by Crippen LogP contribution is 2.37. The van der Waals surface area contributed by atoms with Crippen LogP contribution < -0.4 is 11.3 Å². The van der Waals surface area contributed by atoms with Crippen molar-refractivity contribution in [2.75, 3.05) is 0 Å². The molecule has 1 aromatic rings. The molecule has 1 aromatic carbocycles. The Labute approximate surface area is 98.2 Å². The molecule has 0 spiro atoms. The summed E-state index contributed by atoms with van der Waals surface area (Å²) in [6, 6.07) is 9.24. The molecule has 0 amide bonds. The first-order chi connectivity index (χ1) is 7.83. The Bertz CT molecular complexity index is 314. The predicted molar refractivity (Wildman–Crippen MR) is 67.8 cm³/mol. The van der Waals surface area contributed by atoms with Gasteiger partial charge < -0.3 is 0 Å². The quantitative estimate of drug-likeness (QED) is 0.569. The summed E-state index contributed by atoms with van der Waals surface area (Å²) in [5, 5.41) is 0. The molecular weight excluding hydrogens is 196 g/mol. The summed E-state index contributed by atoms with van der Waals surface area (Å²) in [5.74, 6) is 6.53. The molecule has 0 aromatic heterocycles.